The van der Waals surface area contributed by atoms with Crippen LogP contribution in [0.5, 0.6) is 0 Å². The fraction of sp³-hybridized carbons (Fsp3) is 0.174. The Kier molecular flexibility index (Phi) is 5.08. The maximum absolute atomic E-state index is 14.3. The number of Topliss-reactive ketones (excluding diaryl/α,β-unsaturated/α-hetero) is 1. The van der Waals surface area contributed by atoms with Crippen LogP contribution in [-0.2, 0) is 26.3 Å². The average molecular weight is 477 g/mol. The summed E-state index contributed by atoms with van der Waals surface area (Å²) in [5, 5.41) is 7.16. The Morgan fingerprint density at radius 3 is 2.74 bits per heavy atom. The number of aromatic nitrogens is 5. The lowest BCUT2D eigenvalue weighted by atomic mass is 9.76. The lowest BCUT2D eigenvalue weighted by molar-refractivity contribution is -0.133. The average Bonchev–Trinajstić information content (AvgIpc) is 3.30. The minimum atomic E-state index is -1.83. The van der Waals surface area contributed by atoms with Crippen molar-refractivity contribution in [3.8, 4) is 11.5 Å². The molecule has 1 atom stereocenters. The Bertz CT molecular complexity index is 1550. The zero-order valence-corrected chi connectivity index (χ0v) is 18.2. The number of nitrogen functional groups attached to an aromatic ring is 1. The van der Waals surface area contributed by atoms with E-state index in [1.807, 2.05) is 0 Å². The molecule has 4 heterocycles. The van der Waals surface area contributed by atoms with Gasteiger partial charge in [0.2, 0.25) is 5.91 Å². The van der Waals surface area contributed by atoms with Gasteiger partial charge in [-0.25, -0.2) is 28.4 Å². The number of nitrogens with one attached hydrogen (secondary N) is 1. The summed E-state index contributed by atoms with van der Waals surface area (Å²) in [6.45, 7) is 1.17. The molecule has 3 aromatic heterocycles. The number of carbonyl (C=O) groups excluding carboxylic acids is 3. The van der Waals surface area contributed by atoms with Crippen LogP contribution >= 0.6 is 0 Å². The van der Waals surface area contributed by atoms with Gasteiger partial charge < -0.3 is 15.8 Å². The number of nitrogens with zero attached hydrogens (tertiary/aromatic N) is 5. The Hall–Kier alpha value is -4.61. The smallest absolute Gasteiger partial charge is 0.244 e. The highest BCUT2D eigenvalue weighted by Crippen LogP contribution is 2.43. The molecule has 1 aliphatic rings. The van der Waals surface area contributed by atoms with Crippen molar-refractivity contribution in [1.29, 1.82) is 0 Å². The van der Waals surface area contributed by atoms with Gasteiger partial charge in [-0.3, -0.25) is 9.59 Å². The van der Waals surface area contributed by atoms with Crippen LogP contribution < -0.4 is 11.1 Å². The van der Waals surface area contributed by atoms with Crippen molar-refractivity contribution in [3.63, 3.8) is 0 Å². The molecule has 0 saturated carbocycles. The van der Waals surface area contributed by atoms with E-state index in [4.69, 9.17) is 5.73 Å². The third-order valence-electron chi connectivity index (χ3n) is 6.02. The van der Waals surface area contributed by atoms with Crippen LogP contribution in [0.4, 0.5) is 20.4 Å². The number of amides is 1. The molecule has 3 N–H and O–H groups in total. The number of fused-ring (bicyclic) bond motifs is 2. The molecule has 176 valence electrons. The predicted octanol–water partition coefficient (Wildman–Crippen LogP) is 2.16. The fourth-order valence-electron chi connectivity index (χ4n) is 4.32. The molecule has 0 radical (unpaired) electrons. The first kappa shape index (κ1) is 22.2. The summed E-state index contributed by atoms with van der Waals surface area (Å²) in [6, 6.07) is 7.30. The van der Waals surface area contributed by atoms with Gasteiger partial charge in [-0.2, -0.15) is 5.10 Å². The highest BCUT2D eigenvalue weighted by Gasteiger charge is 2.53. The van der Waals surface area contributed by atoms with Gasteiger partial charge in [0.1, 0.15) is 40.7 Å². The Balaban J connectivity index is 1.69. The maximum atomic E-state index is 14.3. The zero-order chi connectivity index (χ0) is 24.9. The van der Waals surface area contributed by atoms with Gasteiger partial charge in [-0.15, -0.1) is 0 Å². The summed E-state index contributed by atoms with van der Waals surface area (Å²) in [6.07, 6.45) is 1.03. The molecule has 12 heteroatoms. The van der Waals surface area contributed by atoms with Crippen LogP contribution in [-0.4, -0.2) is 42.7 Å². The summed E-state index contributed by atoms with van der Waals surface area (Å²) in [5.41, 5.74) is 4.99. The van der Waals surface area contributed by atoms with E-state index in [0.29, 0.717) is 11.8 Å². The van der Waals surface area contributed by atoms with Gasteiger partial charge in [-0.1, -0.05) is 18.2 Å². The molecule has 35 heavy (non-hydrogen) atoms. The molecule has 1 aliphatic heterocycles. The van der Waals surface area contributed by atoms with Gasteiger partial charge in [0.05, 0.1) is 23.7 Å². The summed E-state index contributed by atoms with van der Waals surface area (Å²) in [4.78, 5) is 49.1. The second kappa shape index (κ2) is 8.01. The predicted molar refractivity (Wildman–Crippen MR) is 120 cm³/mol. The number of rotatable bonds is 6. The Labute approximate surface area is 196 Å². The van der Waals surface area contributed by atoms with Crippen molar-refractivity contribution in [2.45, 2.75) is 25.3 Å². The quantitative estimate of drug-likeness (QED) is 0.317. The van der Waals surface area contributed by atoms with Crippen molar-refractivity contribution in [1.82, 2.24) is 24.7 Å². The SMILES string of the molecule is CC(=O)C1(CC=O)C(=O)Nc2nc(-c3nn(Cc4ccccc4F)c4ncc(F)cc34)nc(N)c21. The molecular formula is C23H17F2N7O3. The van der Waals surface area contributed by atoms with E-state index < -0.39 is 35.2 Å². The van der Waals surface area contributed by atoms with E-state index in [1.165, 1.54) is 23.7 Å². The lowest BCUT2D eigenvalue weighted by Gasteiger charge is -2.22. The number of nitrogens with two attached hydrogens (primary N) is 1. The third-order valence-corrected chi connectivity index (χ3v) is 6.02. The molecule has 0 saturated heterocycles. The van der Waals surface area contributed by atoms with Gasteiger partial charge in [0, 0.05) is 12.0 Å². The van der Waals surface area contributed by atoms with E-state index >= 15 is 0 Å². The summed E-state index contributed by atoms with van der Waals surface area (Å²) in [7, 11) is 0. The second-order valence-corrected chi connectivity index (χ2v) is 8.06. The van der Waals surface area contributed by atoms with Crippen LogP contribution in [0.2, 0.25) is 0 Å². The summed E-state index contributed by atoms with van der Waals surface area (Å²) in [5.74, 6) is -2.75. The number of anilines is 2. The standard InChI is InChI=1S/C23H17F2N7O3/c1-11(34)23(6-7-33)16-18(26)28-20(29-19(16)30-22(23)35)17-14-8-13(24)9-27-21(14)32(31-17)10-12-4-2-3-5-15(12)25/h2-5,7-9H,6,10H2,1H3,(H3,26,28,29,30,35). The Morgan fingerprint density at radius 1 is 1.26 bits per heavy atom. The van der Waals surface area contributed by atoms with Crippen molar-refractivity contribution >= 4 is 40.6 Å². The summed E-state index contributed by atoms with van der Waals surface area (Å²) < 4.78 is 29.7. The van der Waals surface area contributed by atoms with Gasteiger partial charge in [0.25, 0.3) is 0 Å². The monoisotopic (exact) mass is 477 g/mol. The van der Waals surface area contributed by atoms with Crippen molar-refractivity contribution in [2.24, 2.45) is 0 Å². The molecule has 5 rings (SSSR count). The largest absolute Gasteiger partial charge is 0.383 e. The van der Waals surface area contributed by atoms with Gasteiger partial charge >= 0.3 is 0 Å². The molecule has 0 spiro atoms. The number of hydrogen-bond acceptors (Lipinski definition) is 8. The van der Waals surface area contributed by atoms with Crippen LogP contribution in [0.25, 0.3) is 22.6 Å². The van der Waals surface area contributed by atoms with E-state index in [-0.39, 0.29) is 46.3 Å². The van der Waals surface area contributed by atoms with Crippen LogP contribution in [0.15, 0.2) is 36.5 Å². The fourth-order valence-corrected chi connectivity index (χ4v) is 4.32. The molecule has 1 unspecified atom stereocenters. The van der Waals surface area contributed by atoms with E-state index in [0.717, 1.165) is 6.20 Å². The second-order valence-electron chi connectivity index (χ2n) is 8.06. The number of pyridine rings is 1. The highest BCUT2D eigenvalue weighted by molar-refractivity contribution is 6.22. The first-order valence-electron chi connectivity index (χ1n) is 10.5. The van der Waals surface area contributed by atoms with Crippen molar-refractivity contribution in [3.05, 3.63) is 59.3 Å². The number of benzene rings is 1. The maximum Gasteiger partial charge on any atom is 0.244 e. The molecule has 0 fully saturated rings. The van der Waals surface area contributed by atoms with Crippen LogP contribution in [0, 0.1) is 11.6 Å². The number of halogens is 2. The zero-order valence-electron chi connectivity index (χ0n) is 18.2. The molecule has 10 nitrogen and oxygen atoms in total. The molecular weight excluding hydrogens is 460 g/mol. The number of carbonyl (C=O) groups is 3. The van der Waals surface area contributed by atoms with Crippen LogP contribution in [0.1, 0.15) is 24.5 Å². The van der Waals surface area contributed by atoms with E-state index in [2.05, 4.69) is 25.4 Å². The molecule has 1 amide bonds. The third kappa shape index (κ3) is 3.33. The normalized spacial score (nSPS) is 16.8. The van der Waals surface area contributed by atoms with Gasteiger partial charge in [-0.05, 0) is 19.1 Å². The molecule has 0 aliphatic carbocycles. The minimum absolute atomic E-state index is 0.00486. The topological polar surface area (TPSA) is 146 Å². The van der Waals surface area contributed by atoms with Crippen LogP contribution in [0.3, 0.4) is 0 Å². The minimum Gasteiger partial charge on any atom is -0.383 e. The lowest BCUT2D eigenvalue weighted by Crippen LogP contribution is -2.42. The van der Waals surface area contributed by atoms with Crippen molar-refractivity contribution < 1.29 is 23.2 Å². The molecule has 4 aromatic rings. The first-order chi connectivity index (χ1) is 16.8. The first-order valence-corrected chi connectivity index (χ1v) is 10.5. The molecule has 1 aromatic carbocycles. The Morgan fingerprint density at radius 2 is 2.03 bits per heavy atom. The number of hydrogen-bond donors (Lipinski definition) is 2. The number of aldehydes is 1. The van der Waals surface area contributed by atoms with E-state index in [1.54, 1.807) is 18.2 Å². The van der Waals surface area contributed by atoms with E-state index in [9.17, 15) is 23.2 Å². The van der Waals surface area contributed by atoms with Crippen molar-refractivity contribution in [2.75, 3.05) is 11.1 Å². The van der Waals surface area contributed by atoms with Gasteiger partial charge in [0.15, 0.2) is 17.3 Å². The number of ketones is 1. The summed E-state index contributed by atoms with van der Waals surface area (Å²) >= 11 is 0. The molecule has 0 bridgehead atoms. The highest BCUT2D eigenvalue weighted by atomic mass is 19.1.